The lowest BCUT2D eigenvalue weighted by Crippen LogP contribution is -2.42. The molecule has 0 heterocycles. The molecule has 2 rings (SSSR count). The van der Waals surface area contributed by atoms with Crippen molar-refractivity contribution in [2.45, 2.75) is 45.6 Å². The van der Waals surface area contributed by atoms with Crippen LogP contribution in [0.25, 0.3) is 0 Å². The number of carbonyl (C=O) groups is 1. The number of nitrogen functional groups attached to an aromatic ring is 1. The summed E-state index contributed by atoms with van der Waals surface area (Å²) in [4.78, 5) is 14.5. The number of aryl methyl sites for hydroxylation is 1. The number of carbonyl (C=O) groups excluding carboxylic acids is 1. The zero-order valence-electron chi connectivity index (χ0n) is 12.1. The fourth-order valence-electron chi connectivity index (χ4n) is 3.08. The maximum absolute atomic E-state index is 12.6. The van der Waals surface area contributed by atoms with E-state index in [-0.39, 0.29) is 5.91 Å². The molecule has 2 atom stereocenters. The molecule has 1 aromatic rings. The summed E-state index contributed by atoms with van der Waals surface area (Å²) in [5, 5.41) is 0. The molecule has 1 amide bonds. The van der Waals surface area contributed by atoms with Crippen molar-refractivity contribution in [1.29, 1.82) is 0 Å². The first-order chi connectivity index (χ1) is 9.02. The van der Waals surface area contributed by atoms with Crippen molar-refractivity contribution in [2.24, 2.45) is 5.92 Å². The highest BCUT2D eigenvalue weighted by atomic mass is 16.2. The van der Waals surface area contributed by atoms with Crippen molar-refractivity contribution in [2.75, 3.05) is 12.8 Å². The zero-order valence-corrected chi connectivity index (χ0v) is 12.1. The number of anilines is 1. The lowest BCUT2D eigenvalue weighted by molar-refractivity contribution is 0.0630. The van der Waals surface area contributed by atoms with Gasteiger partial charge in [-0.2, -0.15) is 0 Å². The Hall–Kier alpha value is -1.51. The number of nitrogens with zero attached hydrogens (tertiary/aromatic N) is 1. The molecule has 2 unspecified atom stereocenters. The molecule has 0 saturated heterocycles. The molecule has 2 N–H and O–H groups in total. The van der Waals surface area contributed by atoms with Crippen LogP contribution in [0, 0.1) is 12.8 Å². The number of rotatable bonds is 2. The number of nitrogens with two attached hydrogens (primary N) is 1. The van der Waals surface area contributed by atoms with E-state index in [0.29, 0.717) is 23.2 Å². The smallest absolute Gasteiger partial charge is 0.255 e. The molecule has 1 aliphatic rings. The van der Waals surface area contributed by atoms with Crippen molar-refractivity contribution in [1.82, 2.24) is 4.90 Å². The summed E-state index contributed by atoms with van der Waals surface area (Å²) >= 11 is 0. The molecule has 0 aliphatic heterocycles. The van der Waals surface area contributed by atoms with Crippen LogP contribution in [0.2, 0.25) is 0 Å². The second-order valence-corrected chi connectivity index (χ2v) is 5.78. The summed E-state index contributed by atoms with van der Waals surface area (Å²) in [6, 6.07) is 6.02. The van der Waals surface area contributed by atoms with Crippen molar-refractivity contribution in [3.63, 3.8) is 0 Å². The number of hydrogen-bond donors (Lipinski definition) is 1. The molecule has 3 heteroatoms. The molecule has 0 radical (unpaired) electrons. The Morgan fingerprint density at radius 2 is 2.00 bits per heavy atom. The molecule has 0 aromatic heterocycles. The molecule has 19 heavy (non-hydrogen) atoms. The number of hydrogen-bond acceptors (Lipinski definition) is 2. The van der Waals surface area contributed by atoms with Gasteiger partial charge >= 0.3 is 0 Å². The first kappa shape index (κ1) is 13.9. The van der Waals surface area contributed by atoms with Gasteiger partial charge in [0.2, 0.25) is 0 Å². The van der Waals surface area contributed by atoms with E-state index in [9.17, 15) is 4.79 Å². The topological polar surface area (TPSA) is 46.3 Å². The minimum atomic E-state index is 0.0555. The SMILES string of the molecule is Cc1cccc(C(=O)N(C)C2CCCCC2C)c1N. The van der Waals surface area contributed by atoms with Crippen LogP contribution in [0.1, 0.15) is 48.5 Å². The van der Waals surface area contributed by atoms with Crippen LogP contribution in [0.4, 0.5) is 5.69 Å². The van der Waals surface area contributed by atoms with Crippen LogP contribution < -0.4 is 5.73 Å². The monoisotopic (exact) mass is 260 g/mol. The molecular weight excluding hydrogens is 236 g/mol. The Kier molecular flexibility index (Phi) is 4.13. The minimum absolute atomic E-state index is 0.0555. The molecular formula is C16H24N2O. The second kappa shape index (κ2) is 5.64. The van der Waals surface area contributed by atoms with Crippen LogP contribution in [-0.4, -0.2) is 23.9 Å². The molecule has 1 aliphatic carbocycles. The van der Waals surface area contributed by atoms with Gasteiger partial charge in [0, 0.05) is 18.8 Å². The number of amides is 1. The van der Waals surface area contributed by atoms with E-state index in [2.05, 4.69) is 6.92 Å². The van der Waals surface area contributed by atoms with E-state index in [0.717, 1.165) is 12.0 Å². The van der Waals surface area contributed by atoms with Crippen LogP contribution in [0.15, 0.2) is 18.2 Å². The maximum atomic E-state index is 12.6. The van der Waals surface area contributed by atoms with Crippen molar-refractivity contribution >= 4 is 11.6 Å². The van der Waals surface area contributed by atoms with Gasteiger partial charge in [-0.25, -0.2) is 0 Å². The lowest BCUT2D eigenvalue weighted by atomic mass is 9.85. The van der Waals surface area contributed by atoms with Crippen molar-refractivity contribution in [3.05, 3.63) is 29.3 Å². The Labute approximate surface area is 115 Å². The van der Waals surface area contributed by atoms with Gasteiger partial charge in [-0.05, 0) is 37.3 Å². The van der Waals surface area contributed by atoms with Gasteiger partial charge in [-0.15, -0.1) is 0 Å². The van der Waals surface area contributed by atoms with Crippen molar-refractivity contribution in [3.8, 4) is 0 Å². The van der Waals surface area contributed by atoms with E-state index in [1.54, 1.807) is 0 Å². The molecule has 0 spiro atoms. The summed E-state index contributed by atoms with van der Waals surface area (Å²) in [6.45, 7) is 4.18. The third-order valence-electron chi connectivity index (χ3n) is 4.44. The van der Waals surface area contributed by atoms with Gasteiger partial charge in [-0.3, -0.25) is 4.79 Å². The van der Waals surface area contributed by atoms with Crippen molar-refractivity contribution < 1.29 is 4.79 Å². The minimum Gasteiger partial charge on any atom is -0.398 e. The molecule has 1 saturated carbocycles. The zero-order chi connectivity index (χ0) is 14.0. The first-order valence-corrected chi connectivity index (χ1v) is 7.14. The van der Waals surface area contributed by atoms with Crippen LogP contribution in [0.5, 0.6) is 0 Å². The molecule has 1 aromatic carbocycles. The standard InChI is InChI=1S/C16H24N2O/c1-11-7-4-5-10-14(11)18(3)16(19)13-9-6-8-12(2)15(13)17/h6,8-9,11,14H,4-5,7,10,17H2,1-3H3. The Morgan fingerprint density at radius 3 is 2.68 bits per heavy atom. The van der Waals surface area contributed by atoms with E-state index in [1.165, 1.54) is 19.3 Å². The van der Waals surface area contributed by atoms with Gasteiger partial charge in [0.05, 0.1) is 5.56 Å². The second-order valence-electron chi connectivity index (χ2n) is 5.78. The summed E-state index contributed by atoms with van der Waals surface area (Å²) in [7, 11) is 1.91. The highest BCUT2D eigenvalue weighted by Crippen LogP contribution is 2.29. The molecule has 0 bridgehead atoms. The number of benzene rings is 1. The predicted octanol–water partition coefficient (Wildman–Crippen LogP) is 3.23. The lowest BCUT2D eigenvalue weighted by Gasteiger charge is -2.36. The van der Waals surface area contributed by atoms with E-state index in [4.69, 9.17) is 5.73 Å². The third-order valence-corrected chi connectivity index (χ3v) is 4.44. The Morgan fingerprint density at radius 1 is 1.32 bits per heavy atom. The third kappa shape index (κ3) is 2.75. The van der Waals surface area contributed by atoms with Gasteiger partial charge in [0.25, 0.3) is 5.91 Å². The molecule has 104 valence electrons. The predicted molar refractivity (Wildman–Crippen MR) is 79.1 cm³/mol. The Balaban J connectivity index is 2.21. The van der Waals surface area contributed by atoms with Gasteiger partial charge in [-0.1, -0.05) is 31.9 Å². The van der Waals surface area contributed by atoms with Gasteiger partial charge in [0.1, 0.15) is 0 Å². The number of para-hydroxylation sites is 1. The fourth-order valence-corrected chi connectivity index (χ4v) is 3.08. The highest BCUT2D eigenvalue weighted by Gasteiger charge is 2.29. The molecule has 3 nitrogen and oxygen atoms in total. The summed E-state index contributed by atoms with van der Waals surface area (Å²) in [5.41, 5.74) is 8.26. The van der Waals surface area contributed by atoms with Gasteiger partial charge < -0.3 is 10.6 Å². The first-order valence-electron chi connectivity index (χ1n) is 7.14. The van der Waals surface area contributed by atoms with Crippen LogP contribution in [-0.2, 0) is 0 Å². The normalized spacial score (nSPS) is 23.1. The summed E-state index contributed by atoms with van der Waals surface area (Å²) in [6.07, 6.45) is 4.82. The summed E-state index contributed by atoms with van der Waals surface area (Å²) in [5.74, 6) is 0.633. The van der Waals surface area contributed by atoms with Crippen LogP contribution in [0.3, 0.4) is 0 Å². The van der Waals surface area contributed by atoms with Gasteiger partial charge in [0.15, 0.2) is 0 Å². The highest BCUT2D eigenvalue weighted by molar-refractivity contribution is 5.99. The average Bonchev–Trinajstić information content (AvgIpc) is 2.41. The Bertz CT molecular complexity index is 470. The van der Waals surface area contributed by atoms with Crippen LogP contribution >= 0.6 is 0 Å². The quantitative estimate of drug-likeness (QED) is 0.830. The maximum Gasteiger partial charge on any atom is 0.255 e. The molecule has 1 fully saturated rings. The average molecular weight is 260 g/mol. The van der Waals surface area contributed by atoms with E-state index in [1.807, 2.05) is 37.1 Å². The fraction of sp³-hybridized carbons (Fsp3) is 0.562. The van der Waals surface area contributed by atoms with E-state index >= 15 is 0 Å². The largest absolute Gasteiger partial charge is 0.398 e. The van der Waals surface area contributed by atoms with E-state index < -0.39 is 0 Å². The summed E-state index contributed by atoms with van der Waals surface area (Å²) < 4.78 is 0.